The van der Waals surface area contributed by atoms with Crippen molar-refractivity contribution in [2.24, 2.45) is 0 Å². The monoisotopic (exact) mass is 332 g/mol. The molecule has 3 rings (SSSR count). The Kier molecular flexibility index (Phi) is 4.01. The third-order valence-corrected chi connectivity index (χ3v) is 4.34. The molecule has 1 heterocycles. The van der Waals surface area contributed by atoms with Gasteiger partial charge in [-0.15, -0.1) is 0 Å². The predicted molar refractivity (Wildman–Crippen MR) is 83.0 cm³/mol. The van der Waals surface area contributed by atoms with E-state index in [1.807, 2.05) is 18.2 Å². The quantitative estimate of drug-likeness (QED) is 0.929. The molecule has 1 aliphatic rings. The highest BCUT2D eigenvalue weighted by atomic mass is 79.9. The van der Waals surface area contributed by atoms with Gasteiger partial charge >= 0.3 is 0 Å². The Morgan fingerprint density at radius 2 is 2.05 bits per heavy atom. The molecule has 2 aromatic rings. The highest BCUT2D eigenvalue weighted by Crippen LogP contribution is 2.32. The average molecular weight is 333 g/mol. The lowest BCUT2D eigenvalue weighted by Gasteiger charge is -2.10. The average Bonchev–Trinajstić information content (AvgIpc) is 2.91. The Hall–Kier alpha value is -1.42. The van der Waals surface area contributed by atoms with E-state index in [-0.39, 0.29) is 5.56 Å². The fourth-order valence-corrected chi connectivity index (χ4v) is 3.33. The topological polar surface area (TPSA) is 45.8 Å². The molecule has 0 unspecified atom stereocenters. The number of H-pyrrole nitrogens is 1. The van der Waals surface area contributed by atoms with Crippen LogP contribution >= 0.6 is 15.9 Å². The van der Waals surface area contributed by atoms with E-state index in [1.54, 1.807) is 6.07 Å². The lowest BCUT2D eigenvalue weighted by molar-refractivity contribution is 0.683. The molecule has 4 heteroatoms. The van der Waals surface area contributed by atoms with E-state index in [2.05, 4.69) is 32.0 Å². The molecule has 1 aliphatic carbocycles. The number of hydrogen-bond acceptors (Lipinski definition) is 2. The lowest BCUT2D eigenvalue weighted by Crippen LogP contribution is -2.14. The van der Waals surface area contributed by atoms with Gasteiger partial charge in [0, 0.05) is 22.9 Å². The molecule has 1 N–H and O–H groups in total. The standard InChI is InChI=1S/C16H17BrN2O/c17-13-7-3-4-11(8-13)9-15-18-14(10-16(20)19-15)12-5-1-2-6-12/h3-4,7-8,10,12H,1-2,5-6,9H2,(H,18,19,20). The Balaban J connectivity index is 1.87. The van der Waals surface area contributed by atoms with E-state index >= 15 is 0 Å². The second-order valence-electron chi connectivity index (χ2n) is 5.41. The van der Waals surface area contributed by atoms with Crippen LogP contribution in [0.2, 0.25) is 0 Å². The molecule has 1 saturated carbocycles. The van der Waals surface area contributed by atoms with Gasteiger partial charge in [0.2, 0.25) is 0 Å². The molecule has 0 amide bonds. The van der Waals surface area contributed by atoms with Crippen molar-refractivity contribution in [1.82, 2.24) is 9.97 Å². The first-order valence-corrected chi connectivity index (χ1v) is 7.84. The van der Waals surface area contributed by atoms with Crippen LogP contribution in [0.15, 0.2) is 39.6 Å². The molecule has 3 nitrogen and oxygen atoms in total. The normalized spacial score (nSPS) is 15.7. The lowest BCUT2D eigenvalue weighted by atomic mass is 10.0. The van der Waals surface area contributed by atoms with Crippen LogP contribution in [0.4, 0.5) is 0 Å². The molecule has 20 heavy (non-hydrogen) atoms. The van der Waals surface area contributed by atoms with Gasteiger partial charge in [0.05, 0.1) is 5.69 Å². The van der Waals surface area contributed by atoms with Crippen LogP contribution < -0.4 is 5.56 Å². The molecule has 0 spiro atoms. The van der Waals surface area contributed by atoms with Crippen molar-refractivity contribution in [2.75, 3.05) is 0 Å². The SMILES string of the molecule is O=c1cc(C2CCCC2)nc(Cc2cccc(Br)c2)[nH]1. The van der Waals surface area contributed by atoms with Gasteiger partial charge in [0.1, 0.15) is 5.82 Å². The van der Waals surface area contributed by atoms with Crippen molar-refractivity contribution in [1.29, 1.82) is 0 Å². The van der Waals surface area contributed by atoms with Crippen molar-refractivity contribution >= 4 is 15.9 Å². The fraction of sp³-hybridized carbons (Fsp3) is 0.375. The van der Waals surface area contributed by atoms with Crippen LogP contribution in [0.5, 0.6) is 0 Å². The first-order valence-electron chi connectivity index (χ1n) is 7.05. The third-order valence-electron chi connectivity index (χ3n) is 3.84. The molecule has 1 aromatic carbocycles. The summed E-state index contributed by atoms with van der Waals surface area (Å²) >= 11 is 3.47. The van der Waals surface area contributed by atoms with Gasteiger partial charge < -0.3 is 4.98 Å². The minimum absolute atomic E-state index is 0.0353. The van der Waals surface area contributed by atoms with E-state index in [9.17, 15) is 4.79 Å². The van der Waals surface area contributed by atoms with Crippen LogP contribution in [0.1, 0.15) is 48.7 Å². The number of nitrogens with one attached hydrogen (secondary N) is 1. The van der Waals surface area contributed by atoms with Crippen LogP contribution in [0.3, 0.4) is 0 Å². The Morgan fingerprint density at radius 3 is 2.80 bits per heavy atom. The van der Waals surface area contributed by atoms with Gasteiger partial charge in [0.15, 0.2) is 0 Å². The van der Waals surface area contributed by atoms with Gasteiger partial charge in [-0.2, -0.15) is 0 Å². The second kappa shape index (κ2) is 5.92. The summed E-state index contributed by atoms with van der Waals surface area (Å²) in [5.41, 5.74) is 2.08. The van der Waals surface area contributed by atoms with Gasteiger partial charge in [-0.25, -0.2) is 4.98 Å². The Labute approximate surface area is 126 Å². The van der Waals surface area contributed by atoms with Gasteiger partial charge in [-0.3, -0.25) is 4.79 Å². The maximum Gasteiger partial charge on any atom is 0.251 e. The molecule has 0 saturated heterocycles. The fourth-order valence-electron chi connectivity index (χ4n) is 2.88. The molecule has 1 aromatic heterocycles. The van der Waals surface area contributed by atoms with Gasteiger partial charge in [-0.05, 0) is 30.5 Å². The number of aromatic nitrogens is 2. The molecule has 1 fully saturated rings. The molecule has 0 radical (unpaired) electrons. The molecular weight excluding hydrogens is 316 g/mol. The maximum absolute atomic E-state index is 11.8. The van der Waals surface area contributed by atoms with Crippen molar-refractivity contribution in [3.63, 3.8) is 0 Å². The summed E-state index contributed by atoms with van der Waals surface area (Å²) in [6.07, 6.45) is 5.48. The third kappa shape index (κ3) is 3.18. The summed E-state index contributed by atoms with van der Waals surface area (Å²) in [7, 11) is 0. The molecule has 0 aliphatic heterocycles. The molecule has 104 valence electrons. The summed E-state index contributed by atoms with van der Waals surface area (Å²) < 4.78 is 1.05. The predicted octanol–water partition coefficient (Wildman–Crippen LogP) is 3.78. The van der Waals surface area contributed by atoms with E-state index in [0.717, 1.165) is 34.4 Å². The highest BCUT2D eigenvalue weighted by molar-refractivity contribution is 9.10. The van der Waals surface area contributed by atoms with Crippen molar-refractivity contribution in [3.05, 3.63) is 62.2 Å². The minimum Gasteiger partial charge on any atom is -0.310 e. The van der Waals surface area contributed by atoms with Crippen LogP contribution in [-0.2, 0) is 6.42 Å². The van der Waals surface area contributed by atoms with Crippen LogP contribution in [-0.4, -0.2) is 9.97 Å². The van der Waals surface area contributed by atoms with Gasteiger partial charge in [0.25, 0.3) is 5.56 Å². The Bertz CT molecular complexity index is 660. The van der Waals surface area contributed by atoms with E-state index in [1.165, 1.54) is 12.8 Å². The molecular formula is C16H17BrN2O. The summed E-state index contributed by atoms with van der Waals surface area (Å²) in [5.74, 6) is 1.23. The minimum atomic E-state index is -0.0353. The summed E-state index contributed by atoms with van der Waals surface area (Å²) in [6, 6.07) is 9.77. The number of halogens is 1. The summed E-state index contributed by atoms with van der Waals surface area (Å²) in [4.78, 5) is 19.3. The van der Waals surface area contributed by atoms with Crippen molar-refractivity contribution < 1.29 is 0 Å². The van der Waals surface area contributed by atoms with E-state index < -0.39 is 0 Å². The van der Waals surface area contributed by atoms with Crippen molar-refractivity contribution in [3.8, 4) is 0 Å². The zero-order chi connectivity index (χ0) is 13.9. The Morgan fingerprint density at radius 1 is 1.25 bits per heavy atom. The van der Waals surface area contributed by atoms with Crippen LogP contribution in [0, 0.1) is 0 Å². The zero-order valence-corrected chi connectivity index (χ0v) is 12.8. The second-order valence-corrected chi connectivity index (χ2v) is 6.32. The number of hydrogen-bond donors (Lipinski definition) is 1. The summed E-state index contributed by atoms with van der Waals surface area (Å²) in [5, 5.41) is 0. The molecule has 0 bridgehead atoms. The van der Waals surface area contributed by atoms with E-state index in [4.69, 9.17) is 0 Å². The van der Waals surface area contributed by atoms with Gasteiger partial charge in [-0.1, -0.05) is 40.9 Å². The number of rotatable bonds is 3. The zero-order valence-electron chi connectivity index (χ0n) is 11.2. The number of nitrogens with zero attached hydrogens (tertiary/aromatic N) is 1. The number of aromatic amines is 1. The van der Waals surface area contributed by atoms with Crippen molar-refractivity contribution in [2.45, 2.75) is 38.0 Å². The largest absolute Gasteiger partial charge is 0.310 e. The van der Waals surface area contributed by atoms with E-state index in [0.29, 0.717) is 12.3 Å². The first-order chi connectivity index (χ1) is 9.70. The number of benzene rings is 1. The first kappa shape index (κ1) is 13.6. The molecule has 0 atom stereocenters. The van der Waals surface area contributed by atoms with Crippen LogP contribution in [0.25, 0.3) is 0 Å². The highest BCUT2D eigenvalue weighted by Gasteiger charge is 2.19. The smallest absolute Gasteiger partial charge is 0.251 e. The maximum atomic E-state index is 11.8. The summed E-state index contributed by atoms with van der Waals surface area (Å²) in [6.45, 7) is 0.